The number of rotatable bonds is 2. The fraction of sp³-hybridized carbons (Fsp3) is 0.353. The molecule has 1 aromatic carbocycles. The lowest BCUT2D eigenvalue weighted by Gasteiger charge is -2.31. The SMILES string of the molecule is COC(=O)C1=NNC(C(=O)OC)=C2C1CCc1ccccc1N2C. The first-order chi connectivity index (χ1) is 11.6. The zero-order valence-electron chi connectivity index (χ0n) is 13.8. The van der Waals surface area contributed by atoms with E-state index in [0.717, 1.165) is 17.7 Å². The number of methoxy groups -OCH3 is 2. The predicted molar refractivity (Wildman–Crippen MR) is 88.3 cm³/mol. The summed E-state index contributed by atoms with van der Waals surface area (Å²) in [6, 6.07) is 7.96. The minimum absolute atomic E-state index is 0.245. The summed E-state index contributed by atoms with van der Waals surface area (Å²) in [5.41, 5.74) is 5.99. The summed E-state index contributed by atoms with van der Waals surface area (Å²) >= 11 is 0. The number of allylic oxidation sites excluding steroid dienone is 1. The van der Waals surface area contributed by atoms with E-state index < -0.39 is 11.9 Å². The van der Waals surface area contributed by atoms with Crippen LogP contribution in [0.4, 0.5) is 5.69 Å². The number of esters is 2. The fourth-order valence-electron chi connectivity index (χ4n) is 3.25. The summed E-state index contributed by atoms with van der Waals surface area (Å²) in [5, 5.41) is 4.08. The number of hydrazone groups is 1. The van der Waals surface area contributed by atoms with Crippen molar-refractivity contribution in [3.63, 3.8) is 0 Å². The highest BCUT2D eigenvalue weighted by molar-refractivity contribution is 6.38. The number of carbonyl (C=O) groups is 2. The van der Waals surface area contributed by atoms with Gasteiger partial charge in [0.25, 0.3) is 0 Å². The molecule has 2 aliphatic heterocycles. The highest BCUT2D eigenvalue weighted by atomic mass is 16.5. The molecule has 1 unspecified atom stereocenters. The molecule has 7 nitrogen and oxygen atoms in total. The molecule has 7 heteroatoms. The monoisotopic (exact) mass is 329 g/mol. The van der Waals surface area contributed by atoms with E-state index in [1.165, 1.54) is 14.2 Å². The Labute approximate surface area is 139 Å². The molecule has 1 N–H and O–H groups in total. The second kappa shape index (κ2) is 6.35. The smallest absolute Gasteiger partial charge is 0.357 e. The molecule has 0 saturated carbocycles. The van der Waals surface area contributed by atoms with E-state index in [1.54, 1.807) is 0 Å². The van der Waals surface area contributed by atoms with Crippen LogP contribution in [0.5, 0.6) is 0 Å². The van der Waals surface area contributed by atoms with E-state index in [9.17, 15) is 9.59 Å². The number of benzene rings is 1. The van der Waals surface area contributed by atoms with Crippen LogP contribution in [0, 0.1) is 5.92 Å². The van der Waals surface area contributed by atoms with E-state index in [4.69, 9.17) is 9.47 Å². The lowest BCUT2D eigenvalue weighted by Crippen LogP contribution is -2.41. The summed E-state index contributed by atoms with van der Waals surface area (Å²) in [6.07, 6.45) is 1.41. The number of fused-ring (bicyclic) bond motifs is 2. The zero-order chi connectivity index (χ0) is 17.3. The third-order valence-corrected chi connectivity index (χ3v) is 4.41. The zero-order valence-corrected chi connectivity index (χ0v) is 13.8. The number of para-hydroxylation sites is 1. The molecule has 0 bridgehead atoms. The third kappa shape index (κ3) is 2.51. The fourth-order valence-corrected chi connectivity index (χ4v) is 3.25. The Kier molecular flexibility index (Phi) is 4.24. The second-order valence-electron chi connectivity index (χ2n) is 5.63. The van der Waals surface area contributed by atoms with Gasteiger partial charge in [-0.05, 0) is 24.5 Å². The summed E-state index contributed by atoms with van der Waals surface area (Å²) in [5.74, 6) is -1.37. The summed E-state index contributed by atoms with van der Waals surface area (Å²) in [4.78, 5) is 26.2. The Balaban J connectivity index is 2.15. The molecule has 0 aliphatic carbocycles. The summed E-state index contributed by atoms with van der Waals surface area (Å²) in [6.45, 7) is 0. The molecule has 3 rings (SSSR count). The van der Waals surface area contributed by atoms with Crippen molar-refractivity contribution in [1.82, 2.24) is 5.43 Å². The van der Waals surface area contributed by atoms with Crippen LogP contribution in [0.15, 0.2) is 40.8 Å². The molecule has 1 aromatic rings. The number of nitrogens with zero attached hydrogens (tertiary/aromatic N) is 2. The predicted octanol–water partition coefficient (Wildman–Crippen LogP) is 1.20. The van der Waals surface area contributed by atoms with Crippen molar-refractivity contribution in [3.8, 4) is 0 Å². The van der Waals surface area contributed by atoms with Crippen LogP contribution < -0.4 is 10.3 Å². The number of carbonyl (C=O) groups excluding carboxylic acids is 2. The lowest BCUT2D eigenvalue weighted by molar-refractivity contribution is -0.137. The minimum atomic E-state index is -0.520. The van der Waals surface area contributed by atoms with Crippen LogP contribution in [-0.4, -0.2) is 38.9 Å². The molecule has 2 aliphatic rings. The van der Waals surface area contributed by atoms with Crippen molar-refractivity contribution < 1.29 is 19.1 Å². The van der Waals surface area contributed by atoms with Crippen molar-refractivity contribution >= 4 is 23.3 Å². The first kappa shape index (κ1) is 16.0. The van der Waals surface area contributed by atoms with Gasteiger partial charge in [0.2, 0.25) is 0 Å². The van der Waals surface area contributed by atoms with Crippen molar-refractivity contribution in [3.05, 3.63) is 41.2 Å². The Bertz CT molecular complexity index is 754. The first-order valence-corrected chi connectivity index (χ1v) is 7.64. The van der Waals surface area contributed by atoms with Gasteiger partial charge >= 0.3 is 11.9 Å². The van der Waals surface area contributed by atoms with Gasteiger partial charge in [0.05, 0.1) is 25.8 Å². The third-order valence-electron chi connectivity index (χ3n) is 4.41. The quantitative estimate of drug-likeness (QED) is 0.821. The Hall–Kier alpha value is -2.83. The van der Waals surface area contributed by atoms with E-state index in [1.807, 2.05) is 36.2 Å². The second-order valence-corrected chi connectivity index (χ2v) is 5.63. The van der Waals surface area contributed by atoms with Crippen LogP contribution in [-0.2, 0) is 25.5 Å². The van der Waals surface area contributed by atoms with Gasteiger partial charge in [-0.25, -0.2) is 9.59 Å². The molecule has 0 aromatic heterocycles. The number of anilines is 1. The van der Waals surface area contributed by atoms with Gasteiger partial charge in [-0.15, -0.1) is 0 Å². The molecule has 1 atom stereocenters. The van der Waals surface area contributed by atoms with Crippen LogP contribution in [0.25, 0.3) is 0 Å². The van der Waals surface area contributed by atoms with Gasteiger partial charge in [-0.1, -0.05) is 18.2 Å². The summed E-state index contributed by atoms with van der Waals surface area (Å²) < 4.78 is 9.71. The van der Waals surface area contributed by atoms with E-state index >= 15 is 0 Å². The lowest BCUT2D eigenvalue weighted by atomic mass is 9.91. The molecule has 0 fully saturated rings. The molecule has 0 radical (unpaired) electrons. The average molecular weight is 329 g/mol. The minimum Gasteiger partial charge on any atom is -0.464 e. The Morgan fingerprint density at radius 2 is 1.92 bits per heavy atom. The van der Waals surface area contributed by atoms with Crippen LogP contribution in [0.1, 0.15) is 12.0 Å². The largest absolute Gasteiger partial charge is 0.464 e. The maximum absolute atomic E-state index is 12.2. The molecule has 24 heavy (non-hydrogen) atoms. The Morgan fingerprint density at radius 3 is 2.62 bits per heavy atom. The van der Waals surface area contributed by atoms with E-state index in [-0.39, 0.29) is 17.3 Å². The normalized spacial score (nSPS) is 19.4. The molecule has 0 saturated heterocycles. The highest BCUT2D eigenvalue weighted by Gasteiger charge is 2.39. The van der Waals surface area contributed by atoms with Crippen LogP contribution >= 0.6 is 0 Å². The molecular weight excluding hydrogens is 310 g/mol. The van der Waals surface area contributed by atoms with Gasteiger partial charge in [0.1, 0.15) is 0 Å². The number of ether oxygens (including phenoxy) is 2. The van der Waals surface area contributed by atoms with Crippen molar-refractivity contribution in [2.24, 2.45) is 11.0 Å². The maximum Gasteiger partial charge on any atom is 0.357 e. The highest BCUT2D eigenvalue weighted by Crippen LogP contribution is 2.37. The van der Waals surface area contributed by atoms with Gasteiger partial charge in [-0.3, -0.25) is 5.43 Å². The standard InChI is InChI=1S/C17H19N3O4/c1-20-12-7-5-4-6-10(12)8-9-11-13(16(21)23-2)18-19-14(15(11)20)17(22)24-3/h4-7,11,19H,8-9H2,1-3H3. The van der Waals surface area contributed by atoms with E-state index in [2.05, 4.69) is 10.5 Å². The topological polar surface area (TPSA) is 80.2 Å². The maximum atomic E-state index is 12.2. The molecule has 126 valence electrons. The van der Waals surface area contributed by atoms with Crippen LogP contribution in [0.2, 0.25) is 0 Å². The van der Waals surface area contributed by atoms with Crippen molar-refractivity contribution in [2.45, 2.75) is 12.8 Å². The van der Waals surface area contributed by atoms with Crippen molar-refractivity contribution in [1.29, 1.82) is 0 Å². The van der Waals surface area contributed by atoms with Gasteiger partial charge in [0.15, 0.2) is 11.4 Å². The van der Waals surface area contributed by atoms with Crippen molar-refractivity contribution in [2.75, 3.05) is 26.2 Å². The van der Waals surface area contributed by atoms with Crippen LogP contribution in [0.3, 0.4) is 0 Å². The number of aryl methyl sites for hydroxylation is 1. The van der Waals surface area contributed by atoms with E-state index in [0.29, 0.717) is 12.1 Å². The molecule has 0 amide bonds. The summed E-state index contributed by atoms with van der Waals surface area (Å²) in [7, 11) is 4.51. The molecule has 2 heterocycles. The molecule has 0 spiro atoms. The number of nitrogens with one attached hydrogen (secondary N) is 1. The number of hydrogen-bond donors (Lipinski definition) is 1. The van der Waals surface area contributed by atoms with Gasteiger partial charge in [-0.2, -0.15) is 5.10 Å². The van der Waals surface area contributed by atoms with Gasteiger partial charge in [0, 0.05) is 12.7 Å². The Morgan fingerprint density at radius 1 is 1.21 bits per heavy atom. The van der Waals surface area contributed by atoms with Gasteiger partial charge < -0.3 is 14.4 Å². The first-order valence-electron chi connectivity index (χ1n) is 7.64. The molecular formula is C17H19N3O4. The number of hydrogen-bond acceptors (Lipinski definition) is 7. The average Bonchev–Trinajstić information content (AvgIpc) is 2.77.